The van der Waals surface area contributed by atoms with Gasteiger partial charge in [0.05, 0.1) is 26.1 Å². The van der Waals surface area contributed by atoms with Gasteiger partial charge in [0.25, 0.3) is 5.89 Å². The zero-order valence-electron chi connectivity index (χ0n) is 16.3. The van der Waals surface area contributed by atoms with Crippen LogP contribution in [0.15, 0.2) is 65.3 Å². The normalized spacial score (nSPS) is 10.6. The highest BCUT2D eigenvalue weighted by atomic mass is 16.6. The summed E-state index contributed by atoms with van der Waals surface area (Å²) in [5.41, 5.74) is 1.56. The van der Waals surface area contributed by atoms with E-state index < -0.39 is 5.97 Å². The van der Waals surface area contributed by atoms with Crippen LogP contribution in [0.5, 0.6) is 11.5 Å². The van der Waals surface area contributed by atoms with Crippen LogP contribution >= 0.6 is 0 Å². The molecule has 2 heterocycles. The molecular formula is C21H18N4O5. The predicted octanol–water partition coefficient (Wildman–Crippen LogP) is 3.30. The second kappa shape index (κ2) is 8.48. The Balaban J connectivity index is 1.46. The van der Waals surface area contributed by atoms with E-state index in [4.69, 9.17) is 18.7 Å². The lowest BCUT2D eigenvalue weighted by molar-refractivity contribution is 0.0419. The Hall–Kier alpha value is -4.14. The quantitative estimate of drug-likeness (QED) is 0.431. The van der Waals surface area contributed by atoms with Gasteiger partial charge in [-0.05, 0) is 24.3 Å². The van der Waals surface area contributed by atoms with Crippen molar-refractivity contribution in [3.05, 3.63) is 72.4 Å². The van der Waals surface area contributed by atoms with E-state index in [0.717, 1.165) is 11.3 Å². The van der Waals surface area contributed by atoms with Gasteiger partial charge in [0.1, 0.15) is 5.75 Å². The largest absolute Gasteiger partial charge is 0.497 e. The van der Waals surface area contributed by atoms with Crippen molar-refractivity contribution in [1.29, 1.82) is 0 Å². The molecule has 0 bridgehead atoms. The maximum absolute atomic E-state index is 12.5. The molecule has 0 N–H and O–H groups in total. The van der Waals surface area contributed by atoms with E-state index in [1.54, 1.807) is 24.1 Å². The fraction of sp³-hybridized carbons (Fsp3) is 0.143. The number of esters is 1. The maximum atomic E-state index is 12.5. The highest BCUT2D eigenvalue weighted by Crippen LogP contribution is 2.23. The first-order chi connectivity index (χ1) is 14.7. The van der Waals surface area contributed by atoms with Crippen LogP contribution in [0.3, 0.4) is 0 Å². The van der Waals surface area contributed by atoms with Gasteiger partial charge in [-0.25, -0.2) is 9.48 Å². The Kier molecular flexibility index (Phi) is 5.42. The highest BCUT2D eigenvalue weighted by molar-refractivity contribution is 5.90. The Labute approximate surface area is 171 Å². The van der Waals surface area contributed by atoms with E-state index in [9.17, 15) is 4.79 Å². The average Bonchev–Trinajstić information content (AvgIpc) is 3.45. The van der Waals surface area contributed by atoms with Crippen molar-refractivity contribution < 1.29 is 23.5 Å². The topological polar surface area (TPSA) is 102 Å². The molecule has 152 valence electrons. The number of aromatic nitrogens is 4. The first-order valence-electron chi connectivity index (χ1n) is 9.01. The minimum atomic E-state index is -0.664. The summed E-state index contributed by atoms with van der Waals surface area (Å²) in [6, 6.07) is 16.6. The molecule has 0 aliphatic heterocycles. The van der Waals surface area contributed by atoms with Crippen LogP contribution in [-0.4, -0.2) is 40.1 Å². The van der Waals surface area contributed by atoms with Crippen molar-refractivity contribution in [2.24, 2.45) is 0 Å². The van der Waals surface area contributed by atoms with Crippen molar-refractivity contribution in [3.63, 3.8) is 0 Å². The molecule has 0 saturated carbocycles. The van der Waals surface area contributed by atoms with E-state index in [1.165, 1.54) is 7.11 Å². The fourth-order valence-corrected chi connectivity index (χ4v) is 2.75. The number of para-hydroxylation sites is 1. The summed E-state index contributed by atoms with van der Waals surface area (Å²) in [4.78, 5) is 16.8. The molecular weight excluding hydrogens is 388 g/mol. The van der Waals surface area contributed by atoms with Gasteiger partial charge in [-0.3, -0.25) is 0 Å². The van der Waals surface area contributed by atoms with Crippen molar-refractivity contribution in [1.82, 2.24) is 19.9 Å². The van der Waals surface area contributed by atoms with Gasteiger partial charge in [0.15, 0.2) is 12.4 Å². The van der Waals surface area contributed by atoms with Crippen molar-refractivity contribution in [3.8, 4) is 28.6 Å². The summed E-state index contributed by atoms with van der Waals surface area (Å²) in [5.74, 6) is 0.828. The second-order valence-electron chi connectivity index (χ2n) is 6.15. The van der Waals surface area contributed by atoms with Crippen LogP contribution in [0.4, 0.5) is 0 Å². The van der Waals surface area contributed by atoms with Crippen molar-refractivity contribution in [2.45, 2.75) is 6.61 Å². The summed E-state index contributed by atoms with van der Waals surface area (Å²) in [6.45, 7) is -0.197. The van der Waals surface area contributed by atoms with Gasteiger partial charge in [0.2, 0.25) is 11.5 Å². The number of carbonyl (C=O) groups excluding carboxylic acids is 1. The number of carbonyl (C=O) groups is 1. The minimum Gasteiger partial charge on any atom is -0.497 e. The van der Waals surface area contributed by atoms with E-state index in [2.05, 4.69) is 15.2 Å². The van der Waals surface area contributed by atoms with Gasteiger partial charge in [-0.15, -0.1) is 0 Å². The number of nitrogens with zero attached hydrogens (tertiary/aromatic N) is 4. The molecule has 0 saturated heterocycles. The number of hydrogen-bond acceptors (Lipinski definition) is 8. The van der Waals surface area contributed by atoms with Crippen LogP contribution in [0.25, 0.3) is 17.1 Å². The summed E-state index contributed by atoms with van der Waals surface area (Å²) in [5, 5.41) is 8.18. The Bertz CT molecular complexity index is 1150. The molecule has 0 radical (unpaired) electrons. The molecule has 0 aliphatic carbocycles. The van der Waals surface area contributed by atoms with E-state index >= 15 is 0 Å². The first kappa shape index (κ1) is 19.2. The molecule has 9 nitrogen and oxygen atoms in total. The molecule has 2 aromatic carbocycles. The SMILES string of the molecule is COc1cccc(-c2noc(COC(=O)c3nn(-c4ccccc4)cc3OC)n2)c1. The molecule has 0 atom stereocenters. The molecule has 0 amide bonds. The second-order valence-corrected chi connectivity index (χ2v) is 6.15. The molecule has 0 aliphatic rings. The number of methoxy groups -OCH3 is 2. The van der Waals surface area contributed by atoms with Gasteiger partial charge >= 0.3 is 5.97 Å². The Morgan fingerprint density at radius 1 is 1.07 bits per heavy atom. The lowest BCUT2D eigenvalue weighted by Crippen LogP contribution is -2.08. The van der Waals surface area contributed by atoms with E-state index in [0.29, 0.717) is 17.3 Å². The minimum absolute atomic E-state index is 0.0499. The summed E-state index contributed by atoms with van der Waals surface area (Å²) in [7, 11) is 3.04. The number of ether oxygens (including phenoxy) is 3. The zero-order valence-corrected chi connectivity index (χ0v) is 16.3. The fourth-order valence-electron chi connectivity index (χ4n) is 2.75. The van der Waals surface area contributed by atoms with Crippen molar-refractivity contribution in [2.75, 3.05) is 14.2 Å². The smallest absolute Gasteiger partial charge is 0.363 e. The Morgan fingerprint density at radius 3 is 2.67 bits per heavy atom. The monoisotopic (exact) mass is 406 g/mol. The number of hydrogen-bond donors (Lipinski definition) is 0. The van der Waals surface area contributed by atoms with Crippen LogP contribution in [0, 0.1) is 0 Å². The maximum Gasteiger partial charge on any atom is 0.363 e. The van der Waals surface area contributed by atoms with Crippen LogP contribution in [0.1, 0.15) is 16.4 Å². The van der Waals surface area contributed by atoms with E-state index in [-0.39, 0.29) is 18.2 Å². The lowest BCUT2D eigenvalue weighted by Gasteiger charge is -2.01. The third-order valence-corrected chi connectivity index (χ3v) is 4.24. The molecule has 0 fully saturated rings. The third kappa shape index (κ3) is 4.00. The van der Waals surface area contributed by atoms with Gasteiger partial charge in [-0.2, -0.15) is 10.1 Å². The molecule has 0 unspecified atom stereocenters. The van der Waals surface area contributed by atoms with Gasteiger partial charge < -0.3 is 18.7 Å². The van der Waals surface area contributed by atoms with Gasteiger partial charge in [-0.1, -0.05) is 35.5 Å². The predicted molar refractivity (Wildman–Crippen MR) is 106 cm³/mol. The van der Waals surface area contributed by atoms with E-state index in [1.807, 2.05) is 48.5 Å². The number of benzene rings is 2. The average molecular weight is 406 g/mol. The molecule has 2 aromatic heterocycles. The van der Waals surface area contributed by atoms with Crippen molar-refractivity contribution >= 4 is 5.97 Å². The summed E-state index contributed by atoms with van der Waals surface area (Å²) >= 11 is 0. The molecule has 4 aromatic rings. The summed E-state index contributed by atoms with van der Waals surface area (Å²) < 4.78 is 22.5. The van der Waals surface area contributed by atoms with Crippen LogP contribution < -0.4 is 9.47 Å². The number of rotatable bonds is 7. The third-order valence-electron chi connectivity index (χ3n) is 4.24. The van der Waals surface area contributed by atoms with Crippen LogP contribution in [-0.2, 0) is 11.3 Å². The highest BCUT2D eigenvalue weighted by Gasteiger charge is 2.21. The molecule has 0 spiro atoms. The zero-order chi connectivity index (χ0) is 20.9. The standard InChI is InChI=1S/C21H18N4O5/c1-27-16-10-6-7-14(11-16)20-22-18(30-24-20)13-29-21(26)19-17(28-2)12-25(23-19)15-8-4-3-5-9-15/h3-12H,13H2,1-2H3. The molecule has 9 heteroatoms. The first-order valence-corrected chi connectivity index (χ1v) is 9.01. The molecule has 4 rings (SSSR count). The molecule has 30 heavy (non-hydrogen) atoms. The van der Waals surface area contributed by atoms with Gasteiger partial charge in [0, 0.05) is 5.56 Å². The lowest BCUT2D eigenvalue weighted by atomic mass is 10.2. The summed E-state index contributed by atoms with van der Waals surface area (Å²) in [6.07, 6.45) is 1.61. The van der Waals surface area contributed by atoms with Crippen LogP contribution in [0.2, 0.25) is 0 Å². The Morgan fingerprint density at radius 2 is 1.90 bits per heavy atom.